The number of carbonyl (C=O) groups is 1. The monoisotopic (exact) mass is 360 g/mol. The van der Waals surface area contributed by atoms with Crippen molar-refractivity contribution < 1.29 is 14.3 Å². The van der Waals surface area contributed by atoms with Crippen LogP contribution in [0.4, 0.5) is 0 Å². The molecule has 0 aliphatic heterocycles. The first-order chi connectivity index (χ1) is 12.2. The highest BCUT2D eigenvalue weighted by molar-refractivity contribution is 7.19. The highest BCUT2D eigenvalue weighted by atomic mass is 32.1. The van der Waals surface area contributed by atoms with Gasteiger partial charge in [-0.05, 0) is 56.9 Å². The zero-order chi connectivity index (χ0) is 17.4. The second-order valence-corrected chi connectivity index (χ2v) is 8.22. The first-order valence-corrected chi connectivity index (χ1v) is 10.1. The largest absolute Gasteiger partial charge is 0.474 e. The summed E-state index contributed by atoms with van der Waals surface area (Å²) in [5.74, 6) is 1.09. The quantitative estimate of drug-likeness (QED) is 0.763. The lowest BCUT2D eigenvalue weighted by Gasteiger charge is -2.26. The molecule has 1 unspecified atom stereocenters. The molecule has 5 nitrogen and oxygen atoms in total. The molecule has 0 saturated heterocycles. The van der Waals surface area contributed by atoms with Crippen LogP contribution in [0.1, 0.15) is 62.3 Å². The SMILES string of the molecule is CCOC(=O)C1CCc2sc3ncnc(OC4CCC(C)CC4)c3c21. The van der Waals surface area contributed by atoms with Gasteiger partial charge in [-0.1, -0.05) is 6.92 Å². The molecule has 0 aromatic carbocycles. The van der Waals surface area contributed by atoms with Crippen LogP contribution >= 0.6 is 11.3 Å². The van der Waals surface area contributed by atoms with Crippen LogP contribution in [0.3, 0.4) is 0 Å². The molecule has 0 N–H and O–H groups in total. The summed E-state index contributed by atoms with van der Waals surface area (Å²) in [6.07, 6.45) is 8.05. The van der Waals surface area contributed by atoms with Crippen LogP contribution in [0.15, 0.2) is 6.33 Å². The van der Waals surface area contributed by atoms with Crippen molar-refractivity contribution in [3.05, 3.63) is 16.8 Å². The summed E-state index contributed by atoms with van der Waals surface area (Å²) in [6.45, 7) is 4.56. The van der Waals surface area contributed by atoms with Crippen molar-refractivity contribution in [3.63, 3.8) is 0 Å². The van der Waals surface area contributed by atoms with E-state index in [9.17, 15) is 4.79 Å². The molecule has 0 spiro atoms. The van der Waals surface area contributed by atoms with Crippen LogP contribution in [0, 0.1) is 5.92 Å². The number of rotatable bonds is 4. The van der Waals surface area contributed by atoms with Gasteiger partial charge < -0.3 is 9.47 Å². The van der Waals surface area contributed by atoms with Crippen molar-refractivity contribution >= 4 is 27.5 Å². The Labute approximate surface area is 151 Å². The molecule has 0 radical (unpaired) electrons. The molecule has 25 heavy (non-hydrogen) atoms. The summed E-state index contributed by atoms with van der Waals surface area (Å²) in [7, 11) is 0. The van der Waals surface area contributed by atoms with E-state index in [2.05, 4.69) is 16.9 Å². The lowest BCUT2D eigenvalue weighted by atomic mass is 9.89. The average Bonchev–Trinajstić information content (AvgIpc) is 3.16. The molecule has 0 amide bonds. The Kier molecular flexibility index (Phi) is 4.63. The standard InChI is InChI=1S/C19H24N2O3S/c1-3-23-19(22)13-8-9-14-15(13)16-17(20-10-21-18(16)25-14)24-12-6-4-11(2)5-7-12/h10-13H,3-9H2,1-2H3. The highest BCUT2D eigenvalue weighted by Gasteiger charge is 2.35. The third kappa shape index (κ3) is 3.12. The van der Waals surface area contributed by atoms with Gasteiger partial charge in [-0.3, -0.25) is 4.79 Å². The molecule has 2 aliphatic rings. The van der Waals surface area contributed by atoms with E-state index in [0.717, 1.165) is 47.4 Å². The fraction of sp³-hybridized carbons (Fsp3) is 0.632. The topological polar surface area (TPSA) is 61.3 Å². The zero-order valence-corrected chi connectivity index (χ0v) is 15.6. The molecule has 0 bridgehead atoms. The zero-order valence-electron chi connectivity index (χ0n) is 14.8. The maximum Gasteiger partial charge on any atom is 0.313 e. The molecular formula is C19H24N2O3S. The van der Waals surface area contributed by atoms with Crippen molar-refractivity contribution in [2.45, 2.75) is 64.4 Å². The smallest absolute Gasteiger partial charge is 0.313 e. The van der Waals surface area contributed by atoms with E-state index in [0.29, 0.717) is 12.5 Å². The predicted molar refractivity (Wildman–Crippen MR) is 97.2 cm³/mol. The minimum atomic E-state index is -0.205. The van der Waals surface area contributed by atoms with Crippen LogP contribution in [0.25, 0.3) is 10.2 Å². The maximum atomic E-state index is 12.4. The number of aryl methyl sites for hydroxylation is 1. The van der Waals surface area contributed by atoms with Crippen molar-refractivity contribution in [1.82, 2.24) is 9.97 Å². The van der Waals surface area contributed by atoms with E-state index < -0.39 is 0 Å². The Morgan fingerprint density at radius 2 is 2.04 bits per heavy atom. The highest BCUT2D eigenvalue weighted by Crippen LogP contribution is 2.46. The summed E-state index contributed by atoms with van der Waals surface area (Å²) in [5.41, 5.74) is 1.05. The summed E-state index contributed by atoms with van der Waals surface area (Å²) >= 11 is 1.66. The van der Waals surface area contributed by atoms with Gasteiger partial charge in [0.2, 0.25) is 5.88 Å². The minimum Gasteiger partial charge on any atom is -0.474 e. The molecule has 6 heteroatoms. The van der Waals surface area contributed by atoms with Crippen molar-refractivity contribution in [3.8, 4) is 5.88 Å². The summed E-state index contributed by atoms with van der Waals surface area (Å²) in [5, 5.41) is 0.941. The number of hydrogen-bond donors (Lipinski definition) is 0. The molecular weight excluding hydrogens is 336 g/mol. The second kappa shape index (κ2) is 6.90. The van der Waals surface area contributed by atoms with Crippen LogP contribution < -0.4 is 4.74 Å². The van der Waals surface area contributed by atoms with Crippen LogP contribution in [-0.2, 0) is 16.0 Å². The molecule has 2 aromatic heterocycles. The van der Waals surface area contributed by atoms with Gasteiger partial charge in [0.25, 0.3) is 0 Å². The molecule has 1 fully saturated rings. The molecule has 134 valence electrons. The first-order valence-electron chi connectivity index (χ1n) is 9.27. The summed E-state index contributed by atoms with van der Waals surface area (Å²) < 4.78 is 11.6. The third-order valence-corrected chi connectivity index (χ3v) is 6.56. The lowest BCUT2D eigenvalue weighted by Crippen LogP contribution is -2.23. The van der Waals surface area contributed by atoms with Crippen LogP contribution in [-0.4, -0.2) is 28.6 Å². The minimum absolute atomic E-state index is 0.137. The number of esters is 1. The van der Waals surface area contributed by atoms with E-state index in [-0.39, 0.29) is 18.0 Å². The maximum absolute atomic E-state index is 12.4. The third-order valence-electron chi connectivity index (χ3n) is 5.39. The number of fused-ring (bicyclic) bond motifs is 3. The van der Waals surface area contributed by atoms with E-state index >= 15 is 0 Å². The number of aromatic nitrogens is 2. The Morgan fingerprint density at radius 1 is 1.24 bits per heavy atom. The Hall–Kier alpha value is -1.69. The van der Waals surface area contributed by atoms with Crippen LogP contribution in [0.2, 0.25) is 0 Å². The van der Waals surface area contributed by atoms with Gasteiger partial charge in [-0.15, -0.1) is 11.3 Å². The normalized spacial score (nSPS) is 25.8. The van der Waals surface area contributed by atoms with Crippen molar-refractivity contribution in [2.75, 3.05) is 6.61 Å². The van der Waals surface area contributed by atoms with E-state index in [1.807, 2.05) is 6.92 Å². The molecule has 1 saturated carbocycles. The van der Waals surface area contributed by atoms with E-state index in [4.69, 9.17) is 9.47 Å². The van der Waals surface area contributed by atoms with Gasteiger partial charge in [0, 0.05) is 4.88 Å². The predicted octanol–water partition coefficient (Wildman–Crippen LogP) is 4.24. The van der Waals surface area contributed by atoms with Gasteiger partial charge >= 0.3 is 5.97 Å². The molecule has 2 aliphatic carbocycles. The fourth-order valence-corrected chi connectivity index (χ4v) is 5.23. The second-order valence-electron chi connectivity index (χ2n) is 7.14. The van der Waals surface area contributed by atoms with Gasteiger partial charge in [-0.2, -0.15) is 0 Å². The Morgan fingerprint density at radius 3 is 2.80 bits per heavy atom. The summed E-state index contributed by atoms with van der Waals surface area (Å²) in [4.78, 5) is 23.4. The number of nitrogens with zero attached hydrogens (tertiary/aromatic N) is 2. The van der Waals surface area contributed by atoms with Gasteiger partial charge in [-0.25, -0.2) is 9.97 Å². The fourth-order valence-electron chi connectivity index (χ4n) is 4.02. The number of hydrogen-bond acceptors (Lipinski definition) is 6. The molecule has 2 heterocycles. The Balaban J connectivity index is 1.68. The molecule has 4 rings (SSSR count). The van der Waals surface area contributed by atoms with E-state index in [1.165, 1.54) is 17.7 Å². The van der Waals surface area contributed by atoms with Crippen molar-refractivity contribution in [2.24, 2.45) is 5.92 Å². The summed E-state index contributed by atoms with van der Waals surface area (Å²) in [6, 6.07) is 0. The van der Waals surface area contributed by atoms with Crippen molar-refractivity contribution in [1.29, 1.82) is 0 Å². The number of ether oxygens (including phenoxy) is 2. The number of thiophene rings is 1. The van der Waals surface area contributed by atoms with Crippen LogP contribution in [0.5, 0.6) is 5.88 Å². The van der Waals surface area contributed by atoms with Gasteiger partial charge in [0.15, 0.2) is 0 Å². The van der Waals surface area contributed by atoms with E-state index in [1.54, 1.807) is 17.7 Å². The Bertz CT molecular complexity index is 780. The first kappa shape index (κ1) is 16.8. The lowest BCUT2D eigenvalue weighted by molar-refractivity contribution is -0.144. The molecule has 1 atom stereocenters. The van der Waals surface area contributed by atoms with Gasteiger partial charge in [0.1, 0.15) is 17.3 Å². The number of carbonyl (C=O) groups excluding carboxylic acids is 1. The molecule has 2 aromatic rings. The average molecular weight is 360 g/mol. The van der Waals surface area contributed by atoms with Gasteiger partial charge in [0.05, 0.1) is 17.9 Å².